The Hall–Kier alpha value is -2.29. The quantitative estimate of drug-likeness (QED) is 0.551. The van der Waals surface area contributed by atoms with Gasteiger partial charge in [-0.2, -0.15) is 4.98 Å². The fourth-order valence-electron chi connectivity index (χ4n) is 3.28. The Morgan fingerprint density at radius 1 is 1.19 bits per heavy atom. The van der Waals surface area contributed by atoms with Crippen molar-refractivity contribution < 1.29 is 23.5 Å². The van der Waals surface area contributed by atoms with Crippen molar-refractivity contribution in [2.75, 3.05) is 24.5 Å². The van der Waals surface area contributed by atoms with E-state index in [4.69, 9.17) is 13.9 Å². The van der Waals surface area contributed by atoms with Crippen LogP contribution in [-0.2, 0) is 9.47 Å². The molecule has 2 amide bonds. The fraction of sp³-hybridized carbons (Fsp3) is 0.591. The highest BCUT2D eigenvalue weighted by Crippen LogP contribution is 2.28. The molecule has 1 aliphatic heterocycles. The van der Waals surface area contributed by atoms with E-state index in [-0.39, 0.29) is 18.0 Å². The number of halogens is 1. The third-order valence-corrected chi connectivity index (χ3v) is 5.06. The summed E-state index contributed by atoms with van der Waals surface area (Å²) in [6, 6.07) is 5.67. The number of amides is 2. The van der Waals surface area contributed by atoms with Gasteiger partial charge in [-0.1, -0.05) is 15.9 Å². The monoisotopic (exact) mass is 495 g/mol. The van der Waals surface area contributed by atoms with Crippen LogP contribution in [0.2, 0.25) is 0 Å². The highest BCUT2D eigenvalue weighted by Gasteiger charge is 2.35. The summed E-state index contributed by atoms with van der Waals surface area (Å²) in [6.45, 7) is 12.3. The predicted molar refractivity (Wildman–Crippen MR) is 121 cm³/mol. The molecule has 3 rings (SSSR count). The number of rotatable bonds is 3. The number of hydrogen-bond acceptors (Lipinski definition) is 6. The van der Waals surface area contributed by atoms with Gasteiger partial charge in [0.05, 0.1) is 0 Å². The minimum Gasteiger partial charge on any atom is -0.444 e. The first-order chi connectivity index (χ1) is 14.3. The van der Waals surface area contributed by atoms with Crippen LogP contribution in [0.3, 0.4) is 0 Å². The molecule has 1 fully saturated rings. The summed E-state index contributed by atoms with van der Waals surface area (Å²) in [6.07, 6.45) is -0.135. The second-order valence-electron chi connectivity index (χ2n) is 9.78. The van der Waals surface area contributed by atoms with E-state index in [0.717, 1.165) is 10.9 Å². The molecule has 1 atom stereocenters. The SMILES string of the molecule is CC(C)(C)OC(=O)N1CC[C@H](CN(C(=O)OC(C)(C)C)c2nc3ccc(Br)cc3o2)C1. The van der Waals surface area contributed by atoms with Gasteiger partial charge in [0.2, 0.25) is 0 Å². The van der Waals surface area contributed by atoms with Gasteiger partial charge in [-0.3, -0.25) is 0 Å². The molecule has 9 heteroatoms. The second kappa shape index (κ2) is 8.68. The molecule has 0 unspecified atom stereocenters. The minimum atomic E-state index is -0.664. The number of aromatic nitrogens is 1. The van der Waals surface area contributed by atoms with Crippen molar-refractivity contribution in [1.82, 2.24) is 9.88 Å². The number of benzene rings is 1. The zero-order valence-corrected chi connectivity index (χ0v) is 20.5. The summed E-state index contributed by atoms with van der Waals surface area (Å²) in [5.74, 6) is 0.0433. The third-order valence-electron chi connectivity index (χ3n) is 4.56. The molecule has 0 spiro atoms. The summed E-state index contributed by atoms with van der Waals surface area (Å²) >= 11 is 3.42. The molecule has 31 heavy (non-hydrogen) atoms. The van der Waals surface area contributed by atoms with E-state index in [1.807, 2.05) is 53.7 Å². The molecule has 0 radical (unpaired) electrons. The van der Waals surface area contributed by atoms with E-state index < -0.39 is 17.3 Å². The van der Waals surface area contributed by atoms with Crippen LogP contribution in [0.5, 0.6) is 0 Å². The summed E-state index contributed by atoms with van der Waals surface area (Å²) in [5.41, 5.74) is 0.000534. The van der Waals surface area contributed by atoms with Crippen molar-refractivity contribution in [1.29, 1.82) is 0 Å². The topological polar surface area (TPSA) is 85.1 Å². The highest BCUT2D eigenvalue weighted by molar-refractivity contribution is 9.10. The fourth-order valence-corrected chi connectivity index (χ4v) is 3.62. The Balaban J connectivity index is 1.79. The number of anilines is 1. The lowest BCUT2D eigenvalue weighted by molar-refractivity contribution is 0.0288. The van der Waals surface area contributed by atoms with Gasteiger partial charge >= 0.3 is 18.2 Å². The normalized spacial score (nSPS) is 17.1. The van der Waals surface area contributed by atoms with Crippen molar-refractivity contribution in [2.24, 2.45) is 5.92 Å². The summed E-state index contributed by atoms with van der Waals surface area (Å²) in [4.78, 5) is 33.0. The molecule has 170 valence electrons. The number of nitrogens with zero attached hydrogens (tertiary/aromatic N) is 3. The van der Waals surface area contributed by atoms with E-state index in [1.165, 1.54) is 4.90 Å². The van der Waals surface area contributed by atoms with Crippen LogP contribution < -0.4 is 4.90 Å². The van der Waals surface area contributed by atoms with E-state index in [1.54, 1.807) is 11.0 Å². The summed E-state index contributed by atoms with van der Waals surface area (Å²) in [7, 11) is 0. The van der Waals surface area contributed by atoms with Gasteiger partial charge in [-0.25, -0.2) is 14.5 Å². The Kier molecular flexibility index (Phi) is 6.55. The Labute approximate surface area is 191 Å². The first-order valence-corrected chi connectivity index (χ1v) is 11.1. The average Bonchev–Trinajstić information content (AvgIpc) is 3.22. The molecule has 1 saturated heterocycles. The average molecular weight is 496 g/mol. The molecule has 2 aromatic rings. The zero-order chi connectivity index (χ0) is 23.0. The van der Waals surface area contributed by atoms with E-state index in [0.29, 0.717) is 30.7 Å². The Morgan fingerprint density at radius 2 is 1.87 bits per heavy atom. The van der Waals surface area contributed by atoms with Crippen LogP contribution in [0.1, 0.15) is 48.0 Å². The van der Waals surface area contributed by atoms with Gasteiger partial charge in [0.25, 0.3) is 0 Å². The van der Waals surface area contributed by atoms with Crippen molar-refractivity contribution in [2.45, 2.75) is 59.2 Å². The smallest absolute Gasteiger partial charge is 0.418 e. The zero-order valence-electron chi connectivity index (χ0n) is 18.9. The molecule has 0 bridgehead atoms. The summed E-state index contributed by atoms with van der Waals surface area (Å²) < 4.78 is 17.8. The van der Waals surface area contributed by atoms with Crippen molar-refractivity contribution in [3.63, 3.8) is 0 Å². The van der Waals surface area contributed by atoms with Crippen LogP contribution >= 0.6 is 15.9 Å². The molecule has 0 N–H and O–H groups in total. The number of ether oxygens (including phenoxy) is 2. The molecule has 0 aliphatic carbocycles. The highest BCUT2D eigenvalue weighted by atomic mass is 79.9. The number of carbonyl (C=O) groups excluding carboxylic acids is 2. The van der Waals surface area contributed by atoms with E-state index in [2.05, 4.69) is 20.9 Å². The van der Waals surface area contributed by atoms with E-state index in [9.17, 15) is 9.59 Å². The van der Waals surface area contributed by atoms with Crippen molar-refractivity contribution in [3.8, 4) is 0 Å². The first kappa shape index (κ1) is 23.4. The van der Waals surface area contributed by atoms with Crippen LogP contribution in [0.25, 0.3) is 11.1 Å². The predicted octanol–water partition coefficient (Wildman–Crippen LogP) is 5.59. The van der Waals surface area contributed by atoms with Crippen LogP contribution in [0.15, 0.2) is 27.1 Å². The maximum atomic E-state index is 13.0. The third kappa shape index (κ3) is 6.35. The molecule has 8 nitrogen and oxygen atoms in total. The largest absolute Gasteiger partial charge is 0.444 e. The van der Waals surface area contributed by atoms with Gasteiger partial charge in [0.15, 0.2) is 5.58 Å². The second-order valence-corrected chi connectivity index (χ2v) is 10.7. The van der Waals surface area contributed by atoms with Crippen LogP contribution in [0.4, 0.5) is 15.6 Å². The van der Waals surface area contributed by atoms with Gasteiger partial charge in [-0.05, 0) is 72.1 Å². The molecular formula is C22H30BrN3O5. The molecule has 2 heterocycles. The minimum absolute atomic E-state index is 0.0433. The number of fused-ring (bicyclic) bond motifs is 1. The van der Waals surface area contributed by atoms with Crippen molar-refractivity contribution in [3.05, 3.63) is 22.7 Å². The number of carbonyl (C=O) groups is 2. The molecule has 1 aromatic carbocycles. The number of oxazole rings is 1. The Morgan fingerprint density at radius 3 is 2.52 bits per heavy atom. The molecular weight excluding hydrogens is 466 g/mol. The van der Waals surface area contributed by atoms with Crippen LogP contribution in [-0.4, -0.2) is 52.9 Å². The molecule has 0 saturated carbocycles. The number of likely N-dealkylation sites (tertiary alicyclic amines) is 1. The lowest BCUT2D eigenvalue weighted by Crippen LogP contribution is -2.41. The maximum Gasteiger partial charge on any atom is 0.418 e. The molecule has 1 aromatic heterocycles. The van der Waals surface area contributed by atoms with E-state index >= 15 is 0 Å². The standard InChI is InChI=1S/C22H30BrN3O5/c1-21(2,3)30-19(27)25-10-9-14(12-25)13-26(20(28)31-22(4,5)6)18-24-16-8-7-15(23)11-17(16)29-18/h7-8,11,14H,9-10,12-13H2,1-6H3/t14-/m0/s1. The van der Waals surface area contributed by atoms with Crippen LogP contribution in [0, 0.1) is 5.92 Å². The van der Waals surface area contributed by atoms with Gasteiger partial charge in [0.1, 0.15) is 16.7 Å². The number of hydrogen-bond donors (Lipinski definition) is 0. The van der Waals surface area contributed by atoms with Gasteiger partial charge < -0.3 is 18.8 Å². The lowest BCUT2D eigenvalue weighted by atomic mass is 10.1. The maximum absolute atomic E-state index is 13.0. The molecule has 1 aliphatic rings. The van der Waals surface area contributed by atoms with Gasteiger partial charge in [-0.15, -0.1) is 0 Å². The summed E-state index contributed by atoms with van der Waals surface area (Å²) in [5, 5.41) is 0. The van der Waals surface area contributed by atoms with Gasteiger partial charge in [0, 0.05) is 24.1 Å². The lowest BCUT2D eigenvalue weighted by Gasteiger charge is -2.27. The van der Waals surface area contributed by atoms with Crippen molar-refractivity contribution >= 4 is 45.2 Å². The first-order valence-electron chi connectivity index (χ1n) is 10.4. The Bertz CT molecular complexity index is 960.